The first-order valence-electron chi connectivity index (χ1n) is 6.44. The van der Waals surface area contributed by atoms with Crippen molar-refractivity contribution in [3.8, 4) is 0 Å². The Morgan fingerprint density at radius 2 is 1.65 bits per heavy atom. The molecule has 20 heavy (non-hydrogen) atoms. The highest BCUT2D eigenvalue weighted by Crippen LogP contribution is 2.37. The second-order valence-corrected chi connectivity index (χ2v) is 5.95. The van der Waals surface area contributed by atoms with Crippen molar-refractivity contribution in [2.24, 2.45) is 0 Å². The molecule has 0 bridgehead atoms. The monoisotopic (exact) mass is 278 g/mol. The quantitative estimate of drug-likeness (QED) is 0.526. The van der Waals surface area contributed by atoms with Gasteiger partial charge in [0.05, 0.1) is 0 Å². The van der Waals surface area contributed by atoms with Gasteiger partial charge in [-0.15, -0.1) is 11.3 Å². The van der Waals surface area contributed by atoms with Gasteiger partial charge in [0.25, 0.3) is 0 Å². The first-order chi connectivity index (χ1) is 9.74. The standard InChI is InChI=1S/C16H11BO2S/c18-17(19)11-6-8-15-14(9-11)13-7-5-10-3-1-2-4-12(10)16(13)20-15/h1-9,18-19H. The Labute approximate surface area is 120 Å². The third kappa shape index (κ3) is 1.66. The van der Waals surface area contributed by atoms with E-state index >= 15 is 0 Å². The molecule has 96 valence electrons. The lowest BCUT2D eigenvalue weighted by Crippen LogP contribution is -2.29. The molecule has 0 aliphatic heterocycles. The maximum atomic E-state index is 9.32. The summed E-state index contributed by atoms with van der Waals surface area (Å²) >= 11 is 1.75. The number of rotatable bonds is 1. The van der Waals surface area contributed by atoms with Gasteiger partial charge >= 0.3 is 7.12 Å². The molecule has 4 aromatic rings. The van der Waals surface area contributed by atoms with Gasteiger partial charge in [-0.1, -0.05) is 48.5 Å². The summed E-state index contributed by atoms with van der Waals surface area (Å²) in [6.07, 6.45) is 0. The molecule has 0 atom stereocenters. The molecule has 2 N–H and O–H groups in total. The van der Waals surface area contributed by atoms with E-state index in [1.165, 1.54) is 25.6 Å². The van der Waals surface area contributed by atoms with Crippen molar-refractivity contribution in [3.05, 3.63) is 54.6 Å². The molecule has 3 aromatic carbocycles. The second kappa shape index (κ2) is 4.31. The van der Waals surface area contributed by atoms with Crippen molar-refractivity contribution in [1.82, 2.24) is 0 Å². The number of hydrogen-bond acceptors (Lipinski definition) is 3. The van der Waals surface area contributed by atoms with Crippen LogP contribution in [0.5, 0.6) is 0 Å². The largest absolute Gasteiger partial charge is 0.488 e. The predicted octanol–water partition coefficient (Wildman–Crippen LogP) is 2.89. The molecule has 4 heteroatoms. The van der Waals surface area contributed by atoms with Crippen molar-refractivity contribution < 1.29 is 10.0 Å². The van der Waals surface area contributed by atoms with Crippen LogP contribution in [0.25, 0.3) is 30.9 Å². The zero-order chi connectivity index (χ0) is 13.7. The summed E-state index contributed by atoms with van der Waals surface area (Å²) in [5.41, 5.74) is 0.533. The molecular formula is C16H11BO2S. The predicted molar refractivity (Wildman–Crippen MR) is 86.7 cm³/mol. The zero-order valence-corrected chi connectivity index (χ0v) is 11.4. The van der Waals surface area contributed by atoms with Crippen molar-refractivity contribution >= 4 is 54.9 Å². The van der Waals surface area contributed by atoms with Crippen molar-refractivity contribution in [2.75, 3.05) is 0 Å². The van der Waals surface area contributed by atoms with E-state index in [2.05, 4.69) is 30.3 Å². The molecule has 1 aromatic heterocycles. The van der Waals surface area contributed by atoms with E-state index in [4.69, 9.17) is 0 Å². The van der Waals surface area contributed by atoms with E-state index in [0.29, 0.717) is 5.46 Å². The minimum atomic E-state index is -1.42. The van der Waals surface area contributed by atoms with Gasteiger partial charge in [0, 0.05) is 14.8 Å². The average Bonchev–Trinajstić information content (AvgIpc) is 2.85. The Bertz CT molecular complexity index is 943. The van der Waals surface area contributed by atoms with Crippen LogP contribution in [0.3, 0.4) is 0 Å². The highest BCUT2D eigenvalue weighted by molar-refractivity contribution is 7.26. The van der Waals surface area contributed by atoms with Gasteiger partial charge < -0.3 is 10.0 Å². The molecule has 2 nitrogen and oxygen atoms in total. The average molecular weight is 278 g/mol. The topological polar surface area (TPSA) is 40.5 Å². The minimum Gasteiger partial charge on any atom is -0.423 e. The maximum Gasteiger partial charge on any atom is 0.488 e. The Morgan fingerprint density at radius 3 is 2.50 bits per heavy atom. The minimum absolute atomic E-state index is 0.533. The van der Waals surface area contributed by atoms with Crippen LogP contribution in [-0.2, 0) is 0 Å². The van der Waals surface area contributed by atoms with Gasteiger partial charge in [-0.3, -0.25) is 0 Å². The highest BCUT2D eigenvalue weighted by atomic mass is 32.1. The van der Waals surface area contributed by atoms with Crippen molar-refractivity contribution in [3.63, 3.8) is 0 Å². The first kappa shape index (κ1) is 11.9. The summed E-state index contributed by atoms with van der Waals surface area (Å²) in [5.74, 6) is 0. The van der Waals surface area contributed by atoms with Crippen LogP contribution in [0.1, 0.15) is 0 Å². The fraction of sp³-hybridized carbons (Fsp3) is 0. The number of thiophene rings is 1. The molecule has 0 unspecified atom stereocenters. The van der Waals surface area contributed by atoms with Crippen LogP contribution in [0, 0.1) is 0 Å². The zero-order valence-electron chi connectivity index (χ0n) is 10.6. The van der Waals surface area contributed by atoms with Gasteiger partial charge in [0.15, 0.2) is 0 Å². The number of hydrogen-bond donors (Lipinski definition) is 2. The number of benzene rings is 3. The lowest BCUT2D eigenvalue weighted by atomic mass is 9.80. The lowest BCUT2D eigenvalue weighted by molar-refractivity contribution is 0.426. The normalized spacial score (nSPS) is 11.5. The molecular weight excluding hydrogens is 267 g/mol. The molecule has 1 heterocycles. The van der Waals surface area contributed by atoms with E-state index in [-0.39, 0.29) is 0 Å². The molecule has 0 saturated heterocycles. The van der Waals surface area contributed by atoms with Gasteiger partial charge in [-0.25, -0.2) is 0 Å². The molecule has 4 rings (SSSR count). The molecule has 0 spiro atoms. The molecule has 0 aliphatic carbocycles. The van der Waals surface area contributed by atoms with Gasteiger partial charge in [0.2, 0.25) is 0 Å². The van der Waals surface area contributed by atoms with E-state index < -0.39 is 7.12 Å². The van der Waals surface area contributed by atoms with E-state index in [0.717, 1.165) is 5.39 Å². The van der Waals surface area contributed by atoms with E-state index in [1.54, 1.807) is 17.4 Å². The van der Waals surface area contributed by atoms with Gasteiger partial charge in [-0.2, -0.15) is 0 Å². The Hall–Kier alpha value is -1.88. The number of fused-ring (bicyclic) bond motifs is 5. The summed E-state index contributed by atoms with van der Waals surface area (Å²) in [7, 11) is -1.42. The molecule has 0 fully saturated rings. The fourth-order valence-electron chi connectivity index (χ4n) is 2.68. The van der Waals surface area contributed by atoms with E-state index in [9.17, 15) is 10.0 Å². The van der Waals surface area contributed by atoms with Crippen molar-refractivity contribution in [1.29, 1.82) is 0 Å². The summed E-state index contributed by atoms with van der Waals surface area (Å²) in [6.45, 7) is 0. The van der Waals surface area contributed by atoms with E-state index in [1.807, 2.05) is 18.2 Å². The third-order valence-electron chi connectivity index (χ3n) is 3.68. The summed E-state index contributed by atoms with van der Waals surface area (Å²) < 4.78 is 2.42. The van der Waals surface area contributed by atoms with Crippen LogP contribution < -0.4 is 5.46 Å². The molecule has 0 aliphatic rings. The molecule has 0 radical (unpaired) electrons. The third-order valence-corrected chi connectivity index (χ3v) is 4.90. The van der Waals surface area contributed by atoms with Crippen LogP contribution in [0.4, 0.5) is 0 Å². The Balaban J connectivity index is 2.16. The van der Waals surface area contributed by atoms with Gasteiger partial charge in [0.1, 0.15) is 0 Å². The SMILES string of the molecule is OB(O)c1ccc2sc3c4ccccc4ccc3c2c1. The first-order valence-corrected chi connectivity index (χ1v) is 7.26. The van der Waals surface area contributed by atoms with Crippen LogP contribution in [0.15, 0.2) is 54.6 Å². The molecule has 0 amide bonds. The summed E-state index contributed by atoms with van der Waals surface area (Å²) in [6, 6.07) is 18.2. The molecule has 0 saturated carbocycles. The van der Waals surface area contributed by atoms with Gasteiger partial charge in [-0.05, 0) is 27.7 Å². The van der Waals surface area contributed by atoms with Crippen LogP contribution in [-0.4, -0.2) is 17.2 Å². The van der Waals surface area contributed by atoms with Crippen LogP contribution >= 0.6 is 11.3 Å². The summed E-state index contributed by atoms with van der Waals surface area (Å²) in [5, 5.41) is 23.4. The fourth-order valence-corrected chi connectivity index (χ4v) is 3.90. The smallest absolute Gasteiger partial charge is 0.423 e. The second-order valence-electron chi connectivity index (χ2n) is 4.89. The lowest BCUT2D eigenvalue weighted by Gasteiger charge is -2.00. The Kier molecular flexibility index (Phi) is 2.57. The Morgan fingerprint density at radius 1 is 0.800 bits per heavy atom. The summed E-state index contributed by atoms with van der Waals surface area (Å²) in [4.78, 5) is 0. The highest BCUT2D eigenvalue weighted by Gasteiger charge is 2.14. The maximum absolute atomic E-state index is 9.32. The van der Waals surface area contributed by atoms with Crippen LogP contribution in [0.2, 0.25) is 0 Å². The van der Waals surface area contributed by atoms with Crippen molar-refractivity contribution in [2.45, 2.75) is 0 Å².